The molecule has 0 saturated heterocycles. The van der Waals surface area contributed by atoms with Gasteiger partial charge in [-0.25, -0.2) is 13.6 Å². The fourth-order valence-electron chi connectivity index (χ4n) is 1.58. The topological polar surface area (TPSA) is 127 Å². The van der Waals surface area contributed by atoms with Crippen LogP contribution in [0.5, 0.6) is 0 Å². The molecule has 6 N–H and O–H groups in total. The lowest BCUT2D eigenvalue weighted by molar-refractivity contribution is -0.120. The average molecular weight is 300 g/mol. The van der Waals surface area contributed by atoms with Gasteiger partial charge in [-0.3, -0.25) is 4.79 Å². The van der Waals surface area contributed by atoms with Crippen LogP contribution in [-0.4, -0.2) is 27.4 Å². The molecule has 1 aromatic carbocycles. The third-order valence-electron chi connectivity index (χ3n) is 2.55. The summed E-state index contributed by atoms with van der Waals surface area (Å²) in [6, 6.07) is 4.38. The number of primary sulfonamides is 1. The maximum Gasteiger partial charge on any atom is 0.240 e. The number of nitrogens with one attached hydrogen (secondary N) is 2. The minimum Gasteiger partial charge on any atom is -0.399 e. The highest BCUT2D eigenvalue weighted by molar-refractivity contribution is 7.89. The van der Waals surface area contributed by atoms with E-state index in [0.717, 1.165) is 6.42 Å². The first-order chi connectivity index (χ1) is 9.34. The SMILES string of the molecule is CCCNC(=O)CCNc1ccc(N)cc1S(N)(=O)=O. The minimum atomic E-state index is -3.86. The summed E-state index contributed by atoms with van der Waals surface area (Å²) in [7, 11) is -3.86. The quantitative estimate of drug-likeness (QED) is 0.537. The van der Waals surface area contributed by atoms with Gasteiger partial charge in [0.2, 0.25) is 15.9 Å². The van der Waals surface area contributed by atoms with Gasteiger partial charge in [0.1, 0.15) is 4.90 Å². The van der Waals surface area contributed by atoms with E-state index < -0.39 is 10.0 Å². The molecule has 20 heavy (non-hydrogen) atoms. The van der Waals surface area contributed by atoms with Crippen LogP contribution in [0.1, 0.15) is 19.8 Å². The summed E-state index contributed by atoms with van der Waals surface area (Å²) < 4.78 is 22.9. The van der Waals surface area contributed by atoms with Crippen molar-refractivity contribution in [2.45, 2.75) is 24.7 Å². The van der Waals surface area contributed by atoms with Gasteiger partial charge < -0.3 is 16.4 Å². The van der Waals surface area contributed by atoms with Gasteiger partial charge in [-0.2, -0.15) is 0 Å². The van der Waals surface area contributed by atoms with Gasteiger partial charge in [0.05, 0.1) is 5.69 Å². The molecule has 1 amide bonds. The number of anilines is 2. The van der Waals surface area contributed by atoms with Crippen molar-refractivity contribution in [2.75, 3.05) is 24.1 Å². The van der Waals surface area contributed by atoms with E-state index in [9.17, 15) is 13.2 Å². The largest absolute Gasteiger partial charge is 0.399 e. The van der Waals surface area contributed by atoms with Crippen LogP contribution in [0.25, 0.3) is 0 Å². The van der Waals surface area contributed by atoms with E-state index in [4.69, 9.17) is 10.9 Å². The first-order valence-electron chi connectivity index (χ1n) is 6.27. The highest BCUT2D eigenvalue weighted by Gasteiger charge is 2.14. The standard InChI is InChI=1S/C12H20N4O3S/c1-2-6-16-12(17)5-7-15-10-4-3-9(13)8-11(10)20(14,18)19/h3-4,8,15H,2,5-7,13H2,1H3,(H,16,17)(H2,14,18,19). The van der Waals surface area contributed by atoms with E-state index >= 15 is 0 Å². The molecule has 0 unspecified atom stereocenters. The third kappa shape index (κ3) is 5.06. The number of carbonyl (C=O) groups excluding carboxylic acids is 1. The predicted molar refractivity (Wildman–Crippen MR) is 78.6 cm³/mol. The maximum absolute atomic E-state index is 11.4. The fraction of sp³-hybridized carbons (Fsp3) is 0.417. The monoisotopic (exact) mass is 300 g/mol. The summed E-state index contributed by atoms with van der Waals surface area (Å²) in [6.45, 7) is 2.90. The Bertz CT molecular complexity index is 572. The number of nitrogens with two attached hydrogens (primary N) is 2. The molecule has 112 valence electrons. The van der Waals surface area contributed by atoms with Crippen LogP contribution in [0.15, 0.2) is 23.1 Å². The van der Waals surface area contributed by atoms with Crippen LogP contribution in [0.2, 0.25) is 0 Å². The lowest BCUT2D eigenvalue weighted by Crippen LogP contribution is -2.26. The summed E-state index contributed by atoms with van der Waals surface area (Å²) in [5.74, 6) is -0.0908. The number of hydrogen-bond donors (Lipinski definition) is 4. The lowest BCUT2D eigenvalue weighted by atomic mass is 10.2. The van der Waals surface area contributed by atoms with E-state index in [1.807, 2.05) is 6.92 Å². The normalized spacial score (nSPS) is 11.1. The van der Waals surface area contributed by atoms with Gasteiger partial charge >= 0.3 is 0 Å². The Morgan fingerprint density at radius 2 is 2.00 bits per heavy atom. The Morgan fingerprint density at radius 3 is 2.60 bits per heavy atom. The van der Waals surface area contributed by atoms with Gasteiger partial charge in [-0.05, 0) is 24.6 Å². The molecule has 8 heteroatoms. The number of sulfonamides is 1. The predicted octanol–water partition coefficient (Wildman–Crippen LogP) is 0.244. The molecule has 0 bridgehead atoms. The molecule has 0 spiro atoms. The van der Waals surface area contributed by atoms with Crippen molar-refractivity contribution in [1.29, 1.82) is 0 Å². The molecule has 0 aliphatic rings. The smallest absolute Gasteiger partial charge is 0.240 e. The second kappa shape index (κ2) is 7.11. The number of amides is 1. The van der Waals surface area contributed by atoms with Gasteiger partial charge in [-0.15, -0.1) is 0 Å². The second-order valence-corrected chi connectivity index (χ2v) is 5.86. The number of nitrogen functional groups attached to an aromatic ring is 1. The summed E-state index contributed by atoms with van der Waals surface area (Å²) >= 11 is 0. The average Bonchev–Trinajstić information content (AvgIpc) is 2.37. The van der Waals surface area contributed by atoms with Gasteiger partial charge in [-0.1, -0.05) is 6.92 Å². The molecule has 1 aromatic rings. The number of hydrogen-bond acceptors (Lipinski definition) is 5. The highest BCUT2D eigenvalue weighted by Crippen LogP contribution is 2.22. The zero-order valence-electron chi connectivity index (χ0n) is 11.3. The second-order valence-electron chi connectivity index (χ2n) is 4.33. The third-order valence-corrected chi connectivity index (χ3v) is 3.50. The summed E-state index contributed by atoms with van der Waals surface area (Å²) in [4.78, 5) is 11.3. The maximum atomic E-state index is 11.4. The minimum absolute atomic E-state index is 0.0773. The Balaban J connectivity index is 2.67. The highest BCUT2D eigenvalue weighted by atomic mass is 32.2. The van der Waals surface area contributed by atoms with Crippen LogP contribution >= 0.6 is 0 Å². The molecule has 0 aromatic heterocycles. The first-order valence-corrected chi connectivity index (χ1v) is 7.82. The van der Waals surface area contributed by atoms with Crippen LogP contribution in [-0.2, 0) is 14.8 Å². The molecule has 0 aliphatic heterocycles. The molecule has 0 aliphatic carbocycles. The Labute approximate surface area is 118 Å². The number of rotatable bonds is 7. The van der Waals surface area contributed by atoms with Gasteiger partial charge in [0, 0.05) is 25.2 Å². The van der Waals surface area contributed by atoms with Gasteiger partial charge in [0.25, 0.3) is 0 Å². The Morgan fingerprint density at radius 1 is 1.30 bits per heavy atom. The van der Waals surface area contributed by atoms with E-state index in [1.54, 1.807) is 6.07 Å². The van der Waals surface area contributed by atoms with Crippen LogP contribution < -0.4 is 21.5 Å². The zero-order chi connectivity index (χ0) is 15.2. The molecule has 7 nitrogen and oxygen atoms in total. The van der Waals surface area contributed by atoms with Crippen molar-refractivity contribution >= 4 is 27.3 Å². The lowest BCUT2D eigenvalue weighted by Gasteiger charge is -2.11. The summed E-state index contributed by atoms with van der Waals surface area (Å²) in [6.07, 6.45) is 1.11. The summed E-state index contributed by atoms with van der Waals surface area (Å²) in [5, 5.41) is 10.7. The molecular weight excluding hydrogens is 280 g/mol. The zero-order valence-corrected chi connectivity index (χ0v) is 12.2. The molecule has 0 heterocycles. The van der Waals surface area contributed by atoms with Crippen molar-refractivity contribution in [3.8, 4) is 0 Å². The Hall–Kier alpha value is -1.80. The molecule has 0 fully saturated rings. The molecule has 1 rings (SSSR count). The Kier molecular flexibility index (Phi) is 5.78. The molecule has 0 saturated carbocycles. The van der Waals surface area contributed by atoms with E-state index in [1.165, 1.54) is 12.1 Å². The first kappa shape index (κ1) is 16.3. The van der Waals surface area contributed by atoms with Crippen molar-refractivity contribution in [2.24, 2.45) is 5.14 Å². The van der Waals surface area contributed by atoms with Gasteiger partial charge in [0.15, 0.2) is 0 Å². The van der Waals surface area contributed by atoms with E-state index in [0.29, 0.717) is 24.5 Å². The van der Waals surface area contributed by atoms with Crippen molar-refractivity contribution < 1.29 is 13.2 Å². The van der Waals surface area contributed by atoms with E-state index in [-0.39, 0.29) is 17.2 Å². The van der Waals surface area contributed by atoms with Crippen LogP contribution in [0.3, 0.4) is 0 Å². The number of carbonyl (C=O) groups is 1. The van der Waals surface area contributed by atoms with Crippen molar-refractivity contribution in [3.05, 3.63) is 18.2 Å². The van der Waals surface area contributed by atoms with Crippen molar-refractivity contribution in [1.82, 2.24) is 5.32 Å². The molecule has 0 radical (unpaired) electrons. The van der Waals surface area contributed by atoms with Crippen LogP contribution in [0.4, 0.5) is 11.4 Å². The number of benzene rings is 1. The molecular formula is C12H20N4O3S. The molecule has 0 atom stereocenters. The summed E-state index contributed by atoms with van der Waals surface area (Å²) in [5.41, 5.74) is 6.19. The fourth-order valence-corrected chi connectivity index (χ4v) is 2.33. The van der Waals surface area contributed by atoms with E-state index in [2.05, 4.69) is 10.6 Å². The van der Waals surface area contributed by atoms with Crippen LogP contribution in [0, 0.1) is 0 Å². The van der Waals surface area contributed by atoms with Crippen molar-refractivity contribution in [3.63, 3.8) is 0 Å².